The van der Waals surface area contributed by atoms with Crippen molar-refractivity contribution < 1.29 is 15.0 Å². The standard InChI is InChI=1S/C25H30N6O3/c1-4-11-29-14-18(3)30(15-17(29)2)24(20-8-6-10-22(32)13-20)19-7-5-9-21(12-19)25-26-28-31(27-25)16-23(33)34/h4-10,12-13,17-18,24,32H,1,11,14-16H2,2-3H3,(H,33,34)/t17-,18+,24-/m1/s1. The Bertz CT molecular complexity index is 1160. The molecule has 0 spiro atoms. The first kappa shape index (κ1) is 23.6. The van der Waals surface area contributed by atoms with E-state index in [1.165, 1.54) is 0 Å². The number of nitrogens with zero attached hydrogens (tertiary/aromatic N) is 6. The molecule has 0 radical (unpaired) electrons. The average molecular weight is 463 g/mol. The summed E-state index contributed by atoms with van der Waals surface area (Å²) in [6.07, 6.45) is 1.94. The molecule has 0 amide bonds. The van der Waals surface area contributed by atoms with Gasteiger partial charge in [0.05, 0.1) is 6.04 Å². The third kappa shape index (κ3) is 5.16. The van der Waals surface area contributed by atoms with Crippen LogP contribution in [0.25, 0.3) is 11.4 Å². The average Bonchev–Trinajstić information content (AvgIpc) is 3.25. The van der Waals surface area contributed by atoms with Crippen LogP contribution in [-0.4, -0.2) is 77.9 Å². The lowest BCUT2D eigenvalue weighted by molar-refractivity contribution is -0.138. The molecule has 2 N–H and O–H groups in total. The van der Waals surface area contributed by atoms with Gasteiger partial charge in [-0.15, -0.1) is 16.8 Å². The molecular weight excluding hydrogens is 432 g/mol. The normalized spacial score (nSPS) is 20.2. The summed E-state index contributed by atoms with van der Waals surface area (Å²) in [5, 5.41) is 31.3. The highest BCUT2D eigenvalue weighted by atomic mass is 16.4. The second kappa shape index (κ2) is 10.1. The molecule has 0 bridgehead atoms. The summed E-state index contributed by atoms with van der Waals surface area (Å²) in [4.78, 5) is 16.9. The van der Waals surface area contributed by atoms with E-state index < -0.39 is 5.97 Å². The SMILES string of the molecule is C=CCN1C[C@H](C)N([C@@H](c2cccc(O)c2)c2cccc(-c3nnn(CC(=O)O)n3)c2)C[C@H]1C. The summed E-state index contributed by atoms with van der Waals surface area (Å²) in [7, 11) is 0. The zero-order valence-electron chi connectivity index (χ0n) is 19.4. The number of aliphatic carboxylic acids is 1. The highest BCUT2D eigenvalue weighted by molar-refractivity contribution is 5.66. The van der Waals surface area contributed by atoms with Gasteiger partial charge in [-0.05, 0) is 48.4 Å². The highest BCUT2D eigenvalue weighted by Gasteiger charge is 2.34. The lowest BCUT2D eigenvalue weighted by Crippen LogP contribution is -2.57. The number of hydrogen-bond donors (Lipinski definition) is 2. The molecule has 4 rings (SSSR count). The van der Waals surface area contributed by atoms with Crippen LogP contribution in [0.4, 0.5) is 0 Å². The van der Waals surface area contributed by atoms with Crippen LogP contribution in [0.1, 0.15) is 31.0 Å². The highest BCUT2D eigenvalue weighted by Crippen LogP contribution is 2.35. The summed E-state index contributed by atoms with van der Waals surface area (Å²) in [5.41, 5.74) is 2.79. The molecule has 0 saturated carbocycles. The van der Waals surface area contributed by atoms with Crippen LogP contribution in [0, 0.1) is 0 Å². The van der Waals surface area contributed by atoms with Crippen LogP contribution >= 0.6 is 0 Å². The molecule has 0 unspecified atom stereocenters. The number of phenols is 1. The monoisotopic (exact) mass is 462 g/mol. The Morgan fingerprint density at radius 2 is 1.88 bits per heavy atom. The molecule has 178 valence electrons. The predicted octanol–water partition coefficient (Wildman–Crippen LogP) is 2.80. The van der Waals surface area contributed by atoms with Crippen LogP contribution in [-0.2, 0) is 11.3 Å². The first-order valence-electron chi connectivity index (χ1n) is 11.3. The Hall–Kier alpha value is -3.56. The van der Waals surface area contributed by atoms with Gasteiger partial charge in [-0.1, -0.05) is 36.4 Å². The summed E-state index contributed by atoms with van der Waals surface area (Å²) in [6, 6.07) is 15.8. The topological polar surface area (TPSA) is 108 Å². The zero-order chi connectivity index (χ0) is 24.2. The van der Waals surface area contributed by atoms with Gasteiger partial charge >= 0.3 is 5.97 Å². The summed E-state index contributed by atoms with van der Waals surface area (Å²) >= 11 is 0. The van der Waals surface area contributed by atoms with Gasteiger partial charge in [0.25, 0.3) is 0 Å². The minimum Gasteiger partial charge on any atom is -0.508 e. The molecule has 1 aliphatic heterocycles. The van der Waals surface area contributed by atoms with E-state index in [0.29, 0.717) is 11.9 Å². The van der Waals surface area contributed by atoms with Crippen molar-refractivity contribution in [3.8, 4) is 17.1 Å². The summed E-state index contributed by atoms with van der Waals surface area (Å²) in [6.45, 7) is 10.6. The molecule has 1 aliphatic rings. The van der Waals surface area contributed by atoms with E-state index in [0.717, 1.165) is 41.1 Å². The molecule has 2 heterocycles. The Kier molecular flexibility index (Phi) is 7.04. The Balaban J connectivity index is 1.72. The van der Waals surface area contributed by atoms with Crippen molar-refractivity contribution in [3.05, 3.63) is 72.3 Å². The number of hydrogen-bond acceptors (Lipinski definition) is 7. The Morgan fingerprint density at radius 3 is 2.59 bits per heavy atom. The smallest absolute Gasteiger partial charge is 0.327 e. The maximum Gasteiger partial charge on any atom is 0.327 e. The number of benzene rings is 2. The van der Waals surface area contributed by atoms with Crippen molar-refractivity contribution in [2.45, 2.75) is 38.5 Å². The van der Waals surface area contributed by atoms with Crippen molar-refractivity contribution in [1.82, 2.24) is 30.0 Å². The number of tetrazole rings is 1. The molecular formula is C25H30N6O3. The molecule has 3 aromatic rings. The fraction of sp³-hybridized carbons (Fsp3) is 0.360. The number of carbonyl (C=O) groups is 1. The van der Waals surface area contributed by atoms with Gasteiger partial charge in [0.2, 0.25) is 5.82 Å². The van der Waals surface area contributed by atoms with Crippen molar-refractivity contribution in [3.63, 3.8) is 0 Å². The summed E-state index contributed by atoms with van der Waals surface area (Å²) in [5.74, 6) is -0.432. The molecule has 1 aromatic heterocycles. The number of rotatable bonds is 8. The van der Waals surface area contributed by atoms with Crippen LogP contribution in [0.5, 0.6) is 5.75 Å². The van der Waals surface area contributed by atoms with Gasteiger partial charge in [0, 0.05) is 37.3 Å². The maximum absolute atomic E-state index is 11.0. The number of aromatic nitrogens is 4. The molecule has 1 fully saturated rings. The lowest BCUT2D eigenvalue weighted by Gasteiger charge is -2.47. The van der Waals surface area contributed by atoms with Crippen LogP contribution in [0.15, 0.2) is 61.2 Å². The zero-order valence-corrected chi connectivity index (χ0v) is 19.4. The van der Waals surface area contributed by atoms with E-state index in [9.17, 15) is 9.90 Å². The number of carboxylic acids is 1. The van der Waals surface area contributed by atoms with E-state index >= 15 is 0 Å². The van der Waals surface area contributed by atoms with Crippen LogP contribution < -0.4 is 0 Å². The minimum absolute atomic E-state index is 0.0931. The van der Waals surface area contributed by atoms with E-state index in [-0.39, 0.29) is 24.4 Å². The first-order chi connectivity index (χ1) is 16.4. The van der Waals surface area contributed by atoms with Crippen molar-refractivity contribution in [2.24, 2.45) is 0 Å². The lowest BCUT2D eigenvalue weighted by atomic mass is 9.92. The van der Waals surface area contributed by atoms with Crippen molar-refractivity contribution in [2.75, 3.05) is 19.6 Å². The third-order valence-corrected chi connectivity index (χ3v) is 6.23. The quantitative estimate of drug-likeness (QED) is 0.492. The molecule has 9 heteroatoms. The van der Waals surface area contributed by atoms with Crippen LogP contribution in [0.2, 0.25) is 0 Å². The maximum atomic E-state index is 11.0. The van der Waals surface area contributed by atoms with E-state index in [1.807, 2.05) is 42.5 Å². The first-order valence-corrected chi connectivity index (χ1v) is 11.3. The number of carboxylic acid groups (broad SMARTS) is 1. The summed E-state index contributed by atoms with van der Waals surface area (Å²) < 4.78 is 0. The largest absolute Gasteiger partial charge is 0.508 e. The molecule has 1 saturated heterocycles. The fourth-order valence-electron chi connectivity index (χ4n) is 4.67. The van der Waals surface area contributed by atoms with Crippen LogP contribution in [0.3, 0.4) is 0 Å². The van der Waals surface area contributed by atoms with E-state index in [1.54, 1.807) is 6.07 Å². The Labute approximate surface area is 198 Å². The second-order valence-corrected chi connectivity index (χ2v) is 8.80. The molecule has 0 aliphatic carbocycles. The van der Waals surface area contributed by atoms with Gasteiger partial charge in [0.15, 0.2) is 6.54 Å². The number of piperazine rings is 1. The fourth-order valence-corrected chi connectivity index (χ4v) is 4.67. The molecule has 3 atom stereocenters. The predicted molar refractivity (Wildman–Crippen MR) is 128 cm³/mol. The Morgan fingerprint density at radius 1 is 1.15 bits per heavy atom. The van der Waals surface area contributed by atoms with Gasteiger partial charge in [-0.25, -0.2) is 0 Å². The number of phenolic OH excluding ortho intramolecular Hbond substituents is 1. The van der Waals surface area contributed by atoms with Gasteiger partial charge in [-0.2, -0.15) is 4.80 Å². The van der Waals surface area contributed by atoms with Crippen molar-refractivity contribution in [1.29, 1.82) is 0 Å². The molecule has 34 heavy (non-hydrogen) atoms. The number of aromatic hydroxyl groups is 1. The molecule has 2 aromatic carbocycles. The van der Waals surface area contributed by atoms with E-state index in [2.05, 4.69) is 51.7 Å². The van der Waals surface area contributed by atoms with Gasteiger partial charge < -0.3 is 10.2 Å². The van der Waals surface area contributed by atoms with Crippen molar-refractivity contribution >= 4 is 5.97 Å². The third-order valence-electron chi connectivity index (χ3n) is 6.23. The van der Waals surface area contributed by atoms with Gasteiger partial charge in [0.1, 0.15) is 5.75 Å². The second-order valence-electron chi connectivity index (χ2n) is 8.80. The van der Waals surface area contributed by atoms with E-state index in [4.69, 9.17) is 5.11 Å². The molecule has 9 nitrogen and oxygen atoms in total. The minimum atomic E-state index is -1.03. The van der Waals surface area contributed by atoms with Gasteiger partial charge in [-0.3, -0.25) is 14.6 Å².